The molecule has 0 saturated carbocycles. The number of hydrazone groups is 1. The summed E-state index contributed by atoms with van der Waals surface area (Å²) in [6.45, 7) is 0. The Balaban J connectivity index is 2.23. The van der Waals surface area contributed by atoms with Gasteiger partial charge in [-0.15, -0.1) is 0 Å². The summed E-state index contributed by atoms with van der Waals surface area (Å²) in [5.41, 5.74) is 0.0176. The maximum atomic E-state index is 14.0. The van der Waals surface area contributed by atoms with Gasteiger partial charge in [0.2, 0.25) is 0 Å². The second-order valence-corrected chi connectivity index (χ2v) is 4.69. The van der Waals surface area contributed by atoms with Crippen LogP contribution in [0.2, 0.25) is 0 Å². The summed E-state index contributed by atoms with van der Waals surface area (Å²) in [5.74, 6) is -4.68. The Hall–Kier alpha value is -2.83. The number of para-hydroxylation sites is 1. The van der Waals surface area contributed by atoms with E-state index in [-0.39, 0.29) is 12.1 Å². The summed E-state index contributed by atoms with van der Waals surface area (Å²) < 4.78 is 41.0. The summed E-state index contributed by atoms with van der Waals surface area (Å²) in [4.78, 5) is 11.2. The van der Waals surface area contributed by atoms with Gasteiger partial charge in [-0.2, -0.15) is 5.10 Å². The van der Waals surface area contributed by atoms with E-state index >= 15 is 0 Å². The standard InChI is InChI=1S/C15H9F3N2O2/c16-9-6-10(17)14(11(18)7-9)20-13-4-2-1-3-8(13)5-12(19-20)15(21)22/h1-4,6-7H,5H2,(H,21,22). The summed E-state index contributed by atoms with van der Waals surface area (Å²) >= 11 is 0. The molecule has 0 aromatic heterocycles. The van der Waals surface area contributed by atoms with E-state index < -0.39 is 29.1 Å². The lowest BCUT2D eigenvalue weighted by molar-refractivity contribution is -0.129. The monoisotopic (exact) mass is 306 g/mol. The average Bonchev–Trinajstić information content (AvgIpc) is 2.45. The van der Waals surface area contributed by atoms with Gasteiger partial charge in [0.15, 0.2) is 17.3 Å². The van der Waals surface area contributed by atoms with Crippen molar-refractivity contribution in [1.82, 2.24) is 0 Å². The Morgan fingerprint density at radius 1 is 1.14 bits per heavy atom. The van der Waals surface area contributed by atoms with E-state index in [1.54, 1.807) is 24.3 Å². The quantitative estimate of drug-likeness (QED) is 0.926. The number of anilines is 2. The molecular formula is C15H9F3N2O2. The molecule has 3 rings (SSSR count). The van der Waals surface area contributed by atoms with Crippen LogP contribution in [0.1, 0.15) is 5.56 Å². The average molecular weight is 306 g/mol. The van der Waals surface area contributed by atoms with E-state index in [9.17, 15) is 18.0 Å². The molecule has 0 atom stereocenters. The van der Waals surface area contributed by atoms with Crippen molar-refractivity contribution in [1.29, 1.82) is 0 Å². The topological polar surface area (TPSA) is 52.9 Å². The number of nitrogens with zero attached hydrogens (tertiary/aromatic N) is 2. The van der Waals surface area contributed by atoms with Crippen LogP contribution < -0.4 is 5.01 Å². The van der Waals surface area contributed by atoms with Gasteiger partial charge in [0.05, 0.1) is 5.69 Å². The molecule has 0 unspecified atom stereocenters. The Kier molecular flexibility index (Phi) is 3.32. The fourth-order valence-electron chi connectivity index (χ4n) is 2.28. The molecule has 1 aliphatic heterocycles. The van der Waals surface area contributed by atoms with Crippen LogP contribution in [0.3, 0.4) is 0 Å². The predicted molar refractivity (Wildman–Crippen MR) is 73.7 cm³/mol. The third-order valence-electron chi connectivity index (χ3n) is 3.24. The lowest BCUT2D eigenvalue weighted by atomic mass is 10.0. The largest absolute Gasteiger partial charge is 0.477 e. The first kappa shape index (κ1) is 14.1. The highest BCUT2D eigenvalue weighted by Crippen LogP contribution is 2.36. The van der Waals surface area contributed by atoms with Crippen LogP contribution in [0, 0.1) is 17.5 Å². The molecule has 0 radical (unpaired) electrons. The lowest BCUT2D eigenvalue weighted by Gasteiger charge is -2.27. The number of carboxylic acid groups (broad SMARTS) is 1. The van der Waals surface area contributed by atoms with Crippen molar-refractivity contribution in [3.8, 4) is 0 Å². The molecule has 0 fully saturated rings. The van der Waals surface area contributed by atoms with Crippen LogP contribution in [0.25, 0.3) is 0 Å². The molecule has 22 heavy (non-hydrogen) atoms. The molecule has 0 aliphatic carbocycles. The van der Waals surface area contributed by atoms with Crippen LogP contribution in [-0.2, 0) is 11.2 Å². The number of fused-ring (bicyclic) bond motifs is 1. The first-order chi connectivity index (χ1) is 10.5. The molecule has 7 heteroatoms. The minimum absolute atomic E-state index is 0.0342. The minimum atomic E-state index is -1.29. The zero-order valence-corrected chi connectivity index (χ0v) is 11.1. The Morgan fingerprint density at radius 2 is 1.77 bits per heavy atom. The minimum Gasteiger partial charge on any atom is -0.477 e. The molecule has 4 nitrogen and oxygen atoms in total. The van der Waals surface area contributed by atoms with Gasteiger partial charge < -0.3 is 5.11 Å². The SMILES string of the molecule is O=C(O)C1=NN(c2c(F)cc(F)cc2F)c2ccccc2C1. The summed E-state index contributed by atoms with van der Waals surface area (Å²) in [6, 6.07) is 7.54. The molecule has 1 aliphatic rings. The van der Waals surface area contributed by atoms with E-state index in [1.165, 1.54) is 0 Å². The zero-order valence-electron chi connectivity index (χ0n) is 11.1. The van der Waals surface area contributed by atoms with Gasteiger partial charge in [0.25, 0.3) is 0 Å². The molecular weight excluding hydrogens is 297 g/mol. The van der Waals surface area contributed by atoms with Crippen molar-refractivity contribution in [2.75, 3.05) is 5.01 Å². The van der Waals surface area contributed by atoms with Crippen molar-refractivity contribution in [2.45, 2.75) is 6.42 Å². The molecule has 0 saturated heterocycles. The fraction of sp³-hybridized carbons (Fsp3) is 0.0667. The van der Waals surface area contributed by atoms with Crippen LogP contribution in [0.15, 0.2) is 41.5 Å². The highest BCUT2D eigenvalue weighted by atomic mass is 19.1. The smallest absolute Gasteiger partial charge is 0.352 e. The number of hydrogen-bond donors (Lipinski definition) is 1. The Morgan fingerprint density at radius 3 is 2.41 bits per heavy atom. The Labute approximate surface area is 123 Å². The van der Waals surface area contributed by atoms with Crippen LogP contribution in [0.5, 0.6) is 0 Å². The highest BCUT2D eigenvalue weighted by molar-refractivity contribution is 6.36. The molecule has 0 spiro atoms. The number of rotatable bonds is 2. The van der Waals surface area contributed by atoms with E-state index in [1.807, 2.05) is 0 Å². The number of carbonyl (C=O) groups is 1. The third-order valence-corrected chi connectivity index (χ3v) is 3.24. The molecule has 1 N–H and O–H groups in total. The molecule has 0 amide bonds. The molecule has 2 aromatic rings. The van der Waals surface area contributed by atoms with Crippen LogP contribution >= 0.6 is 0 Å². The predicted octanol–water partition coefficient (Wildman–Crippen LogP) is 3.24. The fourth-order valence-corrected chi connectivity index (χ4v) is 2.28. The number of benzene rings is 2. The number of hydrogen-bond acceptors (Lipinski definition) is 3. The lowest BCUT2D eigenvalue weighted by Crippen LogP contribution is -2.28. The molecule has 112 valence electrons. The first-order valence-corrected chi connectivity index (χ1v) is 6.30. The van der Waals surface area contributed by atoms with Crippen molar-refractivity contribution in [2.24, 2.45) is 5.10 Å². The van der Waals surface area contributed by atoms with E-state index in [4.69, 9.17) is 5.11 Å². The molecule has 1 heterocycles. The van der Waals surface area contributed by atoms with Crippen molar-refractivity contribution in [3.63, 3.8) is 0 Å². The normalized spacial score (nSPS) is 13.6. The van der Waals surface area contributed by atoms with Crippen molar-refractivity contribution < 1.29 is 23.1 Å². The second-order valence-electron chi connectivity index (χ2n) is 4.69. The third kappa shape index (κ3) is 2.30. The maximum absolute atomic E-state index is 14.0. The summed E-state index contributed by atoms with van der Waals surface area (Å²) in [7, 11) is 0. The summed E-state index contributed by atoms with van der Waals surface area (Å²) in [6.07, 6.45) is 0.0342. The van der Waals surface area contributed by atoms with Gasteiger partial charge in [0.1, 0.15) is 11.5 Å². The second kappa shape index (κ2) is 5.18. The van der Waals surface area contributed by atoms with E-state index in [2.05, 4.69) is 5.10 Å². The molecule has 0 bridgehead atoms. The number of halogens is 3. The van der Waals surface area contributed by atoms with Gasteiger partial charge in [0, 0.05) is 18.6 Å². The summed E-state index contributed by atoms with van der Waals surface area (Å²) in [5, 5.41) is 13.8. The van der Waals surface area contributed by atoms with E-state index in [0.717, 1.165) is 5.01 Å². The van der Waals surface area contributed by atoms with Crippen molar-refractivity contribution in [3.05, 3.63) is 59.4 Å². The zero-order chi connectivity index (χ0) is 15.9. The van der Waals surface area contributed by atoms with Gasteiger partial charge in [-0.1, -0.05) is 18.2 Å². The Bertz CT molecular complexity index is 782. The van der Waals surface area contributed by atoms with Crippen LogP contribution in [-0.4, -0.2) is 16.8 Å². The van der Waals surface area contributed by atoms with Gasteiger partial charge in [-0.05, 0) is 11.6 Å². The van der Waals surface area contributed by atoms with Gasteiger partial charge in [-0.3, -0.25) is 0 Å². The number of aliphatic carboxylic acids is 1. The number of carboxylic acids is 1. The maximum Gasteiger partial charge on any atom is 0.352 e. The van der Waals surface area contributed by atoms with Gasteiger partial charge in [-0.25, -0.2) is 23.0 Å². The van der Waals surface area contributed by atoms with Crippen LogP contribution in [0.4, 0.5) is 24.5 Å². The van der Waals surface area contributed by atoms with E-state index in [0.29, 0.717) is 23.4 Å². The van der Waals surface area contributed by atoms with Crippen molar-refractivity contribution >= 4 is 23.1 Å². The first-order valence-electron chi connectivity index (χ1n) is 6.30. The van der Waals surface area contributed by atoms with Gasteiger partial charge >= 0.3 is 5.97 Å². The molecule has 2 aromatic carbocycles. The highest BCUT2D eigenvalue weighted by Gasteiger charge is 2.28.